The Morgan fingerprint density at radius 2 is 1.70 bits per heavy atom. The summed E-state index contributed by atoms with van der Waals surface area (Å²) in [5.74, 6) is 1.34. The summed E-state index contributed by atoms with van der Waals surface area (Å²) in [5, 5.41) is 4.69. The zero-order valence-corrected chi connectivity index (χ0v) is 12.2. The molecular formula is C15H13Cl2NO2. The van der Waals surface area contributed by atoms with Gasteiger partial charge in [0.25, 0.3) is 0 Å². The van der Waals surface area contributed by atoms with Gasteiger partial charge in [-0.25, -0.2) is 0 Å². The Balaban J connectivity index is 1.61. The van der Waals surface area contributed by atoms with Crippen LogP contribution in [0.3, 0.4) is 0 Å². The van der Waals surface area contributed by atoms with Crippen molar-refractivity contribution in [3.05, 3.63) is 57.6 Å². The summed E-state index contributed by atoms with van der Waals surface area (Å²) >= 11 is 12.0. The van der Waals surface area contributed by atoms with E-state index in [1.165, 1.54) is 5.56 Å². The summed E-state index contributed by atoms with van der Waals surface area (Å²) < 4.78 is 10.6. The monoisotopic (exact) mass is 309 g/mol. The van der Waals surface area contributed by atoms with E-state index in [9.17, 15) is 0 Å². The van der Waals surface area contributed by atoms with Gasteiger partial charge < -0.3 is 14.8 Å². The van der Waals surface area contributed by atoms with E-state index in [1.54, 1.807) is 0 Å². The maximum Gasteiger partial charge on any atom is 0.231 e. The summed E-state index contributed by atoms with van der Waals surface area (Å²) in [7, 11) is 0. The SMILES string of the molecule is Clc1ccc(CNCc2cc(Cl)c3c(c2)OCO3)cc1. The third kappa shape index (κ3) is 3.01. The number of nitrogens with one attached hydrogen (secondary N) is 1. The summed E-state index contributed by atoms with van der Waals surface area (Å²) in [4.78, 5) is 0. The van der Waals surface area contributed by atoms with Gasteiger partial charge in [-0.1, -0.05) is 35.3 Å². The lowest BCUT2D eigenvalue weighted by atomic mass is 10.2. The highest BCUT2D eigenvalue weighted by molar-refractivity contribution is 6.32. The van der Waals surface area contributed by atoms with Crippen LogP contribution in [0.4, 0.5) is 0 Å². The topological polar surface area (TPSA) is 30.5 Å². The van der Waals surface area contributed by atoms with Crippen LogP contribution in [0, 0.1) is 0 Å². The molecule has 2 aromatic rings. The fourth-order valence-corrected chi connectivity index (χ4v) is 2.49. The van der Waals surface area contributed by atoms with Gasteiger partial charge >= 0.3 is 0 Å². The normalized spacial score (nSPS) is 12.7. The summed E-state index contributed by atoms with van der Waals surface area (Å²) in [6.07, 6.45) is 0. The lowest BCUT2D eigenvalue weighted by Gasteiger charge is -2.07. The molecule has 0 amide bonds. The molecule has 0 fully saturated rings. The number of fused-ring (bicyclic) bond motifs is 1. The third-order valence-electron chi connectivity index (χ3n) is 3.06. The molecule has 0 saturated carbocycles. The lowest BCUT2D eigenvalue weighted by Crippen LogP contribution is -2.12. The lowest BCUT2D eigenvalue weighted by molar-refractivity contribution is 0.174. The second-order valence-electron chi connectivity index (χ2n) is 4.54. The Bertz CT molecular complexity index is 614. The molecule has 1 aliphatic rings. The molecule has 0 radical (unpaired) electrons. The fourth-order valence-electron chi connectivity index (χ4n) is 2.08. The number of benzene rings is 2. The highest BCUT2D eigenvalue weighted by Crippen LogP contribution is 2.39. The van der Waals surface area contributed by atoms with E-state index in [0.717, 1.165) is 17.1 Å². The van der Waals surface area contributed by atoms with E-state index in [1.807, 2.05) is 36.4 Å². The number of ether oxygens (including phenoxy) is 2. The molecule has 3 nitrogen and oxygen atoms in total. The van der Waals surface area contributed by atoms with Gasteiger partial charge in [-0.3, -0.25) is 0 Å². The van der Waals surface area contributed by atoms with Gasteiger partial charge in [-0.05, 0) is 35.4 Å². The standard InChI is InChI=1S/C15H13Cl2NO2/c16-12-3-1-10(2-4-12)7-18-8-11-5-13(17)15-14(6-11)19-9-20-15/h1-6,18H,7-9H2. The molecule has 1 aliphatic heterocycles. The van der Waals surface area contributed by atoms with Gasteiger partial charge in [0.2, 0.25) is 6.79 Å². The molecule has 0 saturated heterocycles. The van der Waals surface area contributed by atoms with Crippen LogP contribution in [-0.4, -0.2) is 6.79 Å². The molecule has 2 aromatic carbocycles. The third-order valence-corrected chi connectivity index (χ3v) is 3.59. The summed E-state index contributed by atoms with van der Waals surface area (Å²) in [6.45, 7) is 1.71. The van der Waals surface area contributed by atoms with E-state index < -0.39 is 0 Å². The van der Waals surface area contributed by atoms with Crippen molar-refractivity contribution in [1.82, 2.24) is 5.32 Å². The maximum absolute atomic E-state index is 6.14. The minimum Gasteiger partial charge on any atom is -0.454 e. The first kappa shape index (κ1) is 13.6. The molecular weight excluding hydrogens is 297 g/mol. The van der Waals surface area contributed by atoms with E-state index in [4.69, 9.17) is 32.7 Å². The van der Waals surface area contributed by atoms with Crippen LogP contribution >= 0.6 is 23.2 Å². The Hall–Kier alpha value is -1.42. The van der Waals surface area contributed by atoms with Gasteiger partial charge in [-0.2, -0.15) is 0 Å². The number of hydrogen-bond donors (Lipinski definition) is 1. The van der Waals surface area contributed by atoms with Crippen LogP contribution in [-0.2, 0) is 13.1 Å². The van der Waals surface area contributed by atoms with Crippen molar-refractivity contribution in [1.29, 1.82) is 0 Å². The average molecular weight is 310 g/mol. The van der Waals surface area contributed by atoms with Crippen molar-refractivity contribution in [2.45, 2.75) is 13.1 Å². The Morgan fingerprint density at radius 3 is 2.50 bits per heavy atom. The molecule has 1 N–H and O–H groups in total. The second-order valence-corrected chi connectivity index (χ2v) is 5.39. The Labute approximate surface area is 127 Å². The van der Waals surface area contributed by atoms with Crippen molar-refractivity contribution in [3.8, 4) is 11.5 Å². The maximum atomic E-state index is 6.14. The number of rotatable bonds is 4. The summed E-state index contributed by atoms with van der Waals surface area (Å²) in [6, 6.07) is 11.6. The molecule has 5 heteroatoms. The van der Waals surface area contributed by atoms with Crippen molar-refractivity contribution in [3.63, 3.8) is 0 Å². The quantitative estimate of drug-likeness (QED) is 0.925. The number of hydrogen-bond acceptors (Lipinski definition) is 3. The molecule has 1 heterocycles. The molecule has 0 unspecified atom stereocenters. The van der Waals surface area contributed by atoms with E-state index in [0.29, 0.717) is 23.1 Å². The first-order valence-corrected chi connectivity index (χ1v) is 7.01. The van der Waals surface area contributed by atoms with Gasteiger partial charge in [0.1, 0.15) is 0 Å². The van der Waals surface area contributed by atoms with Gasteiger partial charge in [0.05, 0.1) is 5.02 Å². The van der Waals surface area contributed by atoms with Crippen molar-refractivity contribution in [2.24, 2.45) is 0 Å². The van der Waals surface area contributed by atoms with Crippen LogP contribution in [0.2, 0.25) is 10.0 Å². The van der Waals surface area contributed by atoms with Crippen molar-refractivity contribution in [2.75, 3.05) is 6.79 Å². The van der Waals surface area contributed by atoms with Crippen LogP contribution in [0.15, 0.2) is 36.4 Å². The average Bonchev–Trinajstić information content (AvgIpc) is 2.90. The molecule has 0 aromatic heterocycles. The number of halogens is 2. The van der Waals surface area contributed by atoms with Crippen LogP contribution in [0.1, 0.15) is 11.1 Å². The fraction of sp³-hybridized carbons (Fsp3) is 0.200. The molecule has 0 aliphatic carbocycles. The minimum atomic E-state index is 0.233. The van der Waals surface area contributed by atoms with Crippen molar-refractivity contribution < 1.29 is 9.47 Å². The van der Waals surface area contributed by atoms with Crippen LogP contribution in [0.25, 0.3) is 0 Å². The molecule has 0 spiro atoms. The predicted octanol–water partition coefficient (Wildman–Crippen LogP) is 4.01. The van der Waals surface area contributed by atoms with Crippen molar-refractivity contribution >= 4 is 23.2 Å². The largest absolute Gasteiger partial charge is 0.454 e. The molecule has 104 valence electrons. The highest BCUT2D eigenvalue weighted by Gasteiger charge is 2.17. The van der Waals surface area contributed by atoms with E-state index in [2.05, 4.69) is 5.32 Å². The molecule has 0 bridgehead atoms. The first-order chi connectivity index (χ1) is 9.72. The van der Waals surface area contributed by atoms with Gasteiger partial charge in [0.15, 0.2) is 11.5 Å². The predicted molar refractivity (Wildman–Crippen MR) is 79.6 cm³/mol. The van der Waals surface area contributed by atoms with E-state index in [-0.39, 0.29) is 6.79 Å². The Kier molecular flexibility index (Phi) is 4.01. The minimum absolute atomic E-state index is 0.233. The smallest absolute Gasteiger partial charge is 0.231 e. The molecule has 3 rings (SSSR count). The summed E-state index contributed by atoms with van der Waals surface area (Å²) in [5.41, 5.74) is 2.24. The van der Waals surface area contributed by atoms with Gasteiger partial charge in [-0.15, -0.1) is 0 Å². The van der Waals surface area contributed by atoms with Crippen LogP contribution in [0.5, 0.6) is 11.5 Å². The Morgan fingerprint density at radius 1 is 0.950 bits per heavy atom. The van der Waals surface area contributed by atoms with E-state index >= 15 is 0 Å². The molecule has 0 atom stereocenters. The first-order valence-electron chi connectivity index (χ1n) is 6.25. The van der Waals surface area contributed by atoms with Crippen LogP contribution < -0.4 is 14.8 Å². The highest BCUT2D eigenvalue weighted by atomic mass is 35.5. The zero-order chi connectivity index (χ0) is 13.9. The molecule has 20 heavy (non-hydrogen) atoms. The second kappa shape index (κ2) is 5.92. The van der Waals surface area contributed by atoms with Gasteiger partial charge in [0, 0.05) is 18.1 Å². The zero-order valence-electron chi connectivity index (χ0n) is 10.7.